The summed E-state index contributed by atoms with van der Waals surface area (Å²) in [6.45, 7) is 6.95. The molecular formula is C20H26O. The Morgan fingerprint density at radius 3 is 2.76 bits per heavy atom. The monoisotopic (exact) mass is 282 g/mol. The maximum atomic E-state index is 10.5. The lowest BCUT2D eigenvalue weighted by atomic mass is 9.72. The maximum Gasteiger partial charge on any atom is 0.120 e. The summed E-state index contributed by atoms with van der Waals surface area (Å²) in [6, 6.07) is 8.49. The summed E-state index contributed by atoms with van der Waals surface area (Å²) >= 11 is 0. The van der Waals surface area contributed by atoms with E-state index < -0.39 is 0 Å². The predicted octanol–water partition coefficient (Wildman–Crippen LogP) is 5.36. The molecule has 1 aromatic rings. The van der Waals surface area contributed by atoms with Gasteiger partial charge in [-0.3, -0.25) is 0 Å². The number of allylic oxidation sites excluding steroid dienone is 3. The Kier molecular flexibility index (Phi) is 5.17. The molecule has 112 valence electrons. The third kappa shape index (κ3) is 4.17. The average Bonchev–Trinajstić information content (AvgIpc) is 2.44. The lowest BCUT2D eigenvalue weighted by molar-refractivity contribution is -0.107. The van der Waals surface area contributed by atoms with Crippen molar-refractivity contribution in [1.29, 1.82) is 0 Å². The Bertz CT molecular complexity index is 561. The highest BCUT2D eigenvalue weighted by molar-refractivity contribution is 5.56. The van der Waals surface area contributed by atoms with Gasteiger partial charge in [0.1, 0.15) is 6.29 Å². The van der Waals surface area contributed by atoms with Crippen LogP contribution in [0, 0.1) is 5.41 Å². The Morgan fingerprint density at radius 2 is 2.05 bits per heavy atom. The van der Waals surface area contributed by atoms with E-state index in [0.717, 1.165) is 12.7 Å². The van der Waals surface area contributed by atoms with Gasteiger partial charge in [0, 0.05) is 6.42 Å². The van der Waals surface area contributed by atoms with E-state index in [9.17, 15) is 4.79 Å². The fourth-order valence-corrected chi connectivity index (χ4v) is 3.27. The molecule has 0 aliphatic heterocycles. The Morgan fingerprint density at radius 1 is 1.24 bits per heavy atom. The summed E-state index contributed by atoms with van der Waals surface area (Å²) in [4.78, 5) is 10.5. The largest absolute Gasteiger partial charge is 0.303 e. The molecule has 0 bridgehead atoms. The van der Waals surface area contributed by atoms with Gasteiger partial charge in [0.25, 0.3) is 0 Å². The van der Waals surface area contributed by atoms with Crippen LogP contribution in [0.4, 0.5) is 0 Å². The molecule has 1 aromatic carbocycles. The van der Waals surface area contributed by atoms with Crippen LogP contribution in [0.15, 0.2) is 41.5 Å². The summed E-state index contributed by atoms with van der Waals surface area (Å²) in [6.07, 6.45) is 10.7. The normalized spacial score (nSPS) is 18.2. The van der Waals surface area contributed by atoms with Gasteiger partial charge in [0.2, 0.25) is 0 Å². The molecule has 0 heterocycles. The number of aldehydes is 1. The van der Waals surface area contributed by atoms with Crippen LogP contribution in [0.3, 0.4) is 0 Å². The highest BCUT2D eigenvalue weighted by Crippen LogP contribution is 2.40. The molecule has 0 amide bonds. The first kappa shape index (κ1) is 15.8. The molecule has 1 aliphatic carbocycles. The lowest BCUT2D eigenvalue weighted by Crippen LogP contribution is -2.18. The van der Waals surface area contributed by atoms with Crippen LogP contribution >= 0.6 is 0 Å². The molecule has 0 spiro atoms. The van der Waals surface area contributed by atoms with Crippen LogP contribution in [0.25, 0.3) is 6.08 Å². The number of aryl methyl sites for hydroxylation is 1. The van der Waals surface area contributed by atoms with Gasteiger partial charge in [-0.05, 0) is 54.7 Å². The number of hydrogen-bond acceptors (Lipinski definition) is 1. The van der Waals surface area contributed by atoms with Crippen LogP contribution in [-0.2, 0) is 11.2 Å². The molecule has 1 aliphatic rings. The first-order chi connectivity index (χ1) is 10.0. The minimum absolute atomic E-state index is 0.286. The third-order valence-electron chi connectivity index (χ3n) is 4.49. The number of carbonyl (C=O) groups excluding carboxylic acids is 1. The summed E-state index contributed by atoms with van der Waals surface area (Å²) in [5.41, 5.74) is 5.76. The van der Waals surface area contributed by atoms with Gasteiger partial charge in [-0.15, -0.1) is 0 Å². The van der Waals surface area contributed by atoms with E-state index in [1.54, 1.807) is 0 Å². The van der Waals surface area contributed by atoms with Gasteiger partial charge >= 0.3 is 0 Å². The fourth-order valence-electron chi connectivity index (χ4n) is 3.27. The van der Waals surface area contributed by atoms with E-state index in [2.05, 4.69) is 57.2 Å². The van der Waals surface area contributed by atoms with Gasteiger partial charge in [-0.25, -0.2) is 0 Å². The van der Waals surface area contributed by atoms with Crippen LogP contribution in [-0.4, -0.2) is 6.29 Å². The van der Waals surface area contributed by atoms with E-state index >= 15 is 0 Å². The zero-order valence-corrected chi connectivity index (χ0v) is 13.5. The van der Waals surface area contributed by atoms with Gasteiger partial charge in [0.05, 0.1) is 0 Å². The second-order valence-electron chi connectivity index (χ2n) is 6.72. The molecular weight excluding hydrogens is 256 g/mol. The topological polar surface area (TPSA) is 17.1 Å². The van der Waals surface area contributed by atoms with Crippen molar-refractivity contribution in [2.45, 2.75) is 52.9 Å². The quantitative estimate of drug-likeness (QED) is 0.665. The highest BCUT2D eigenvalue weighted by Gasteiger charge is 2.26. The first-order valence-electron chi connectivity index (χ1n) is 7.94. The number of hydrogen-bond donors (Lipinski definition) is 0. The number of carbonyl (C=O) groups is 1. The van der Waals surface area contributed by atoms with E-state index in [0.29, 0.717) is 6.42 Å². The van der Waals surface area contributed by atoms with E-state index in [4.69, 9.17) is 0 Å². The molecule has 0 aromatic heterocycles. The van der Waals surface area contributed by atoms with Crippen molar-refractivity contribution in [3.05, 3.63) is 52.6 Å². The van der Waals surface area contributed by atoms with Crippen molar-refractivity contribution in [3.63, 3.8) is 0 Å². The Hall–Kier alpha value is -1.63. The number of benzene rings is 1. The predicted molar refractivity (Wildman–Crippen MR) is 90.2 cm³/mol. The van der Waals surface area contributed by atoms with Crippen molar-refractivity contribution in [3.8, 4) is 0 Å². The summed E-state index contributed by atoms with van der Waals surface area (Å²) in [7, 11) is 0. The molecule has 0 N–H and O–H groups in total. The zero-order chi connectivity index (χ0) is 15.3. The molecule has 0 unspecified atom stereocenters. The summed E-state index contributed by atoms with van der Waals surface area (Å²) in [5.74, 6) is 0. The fraction of sp³-hybridized carbons (Fsp3) is 0.450. The van der Waals surface area contributed by atoms with Crippen LogP contribution in [0.1, 0.15) is 57.6 Å². The van der Waals surface area contributed by atoms with Gasteiger partial charge < -0.3 is 4.79 Å². The van der Waals surface area contributed by atoms with Crippen LogP contribution < -0.4 is 0 Å². The van der Waals surface area contributed by atoms with E-state index in [1.165, 1.54) is 41.5 Å². The van der Waals surface area contributed by atoms with Crippen LogP contribution in [0.2, 0.25) is 0 Å². The van der Waals surface area contributed by atoms with Gasteiger partial charge in [-0.2, -0.15) is 0 Å². The summed E-state index contributed by atoms with van der Waals surface area (Å²) in [5, 5.41) is 0. The number of rotatable bonds is 5. The van der Waals surface area contributed by atoms with Crippen molar-refractivity contribution >= 4 is 12.4 Å². The van der Waals surface area contributed by atoms with E-state index in [-0.39, 0.29) is 5.41 Å². The minimum atomic E-state index is 0.286. The average molecular weight is 282 g/mol. The standard InChI is InChI=1S/C20H26O/c1-16-7-5-13-20(2,3)19(16)12-11-18-9-4-8-17(15-18)10-6-14-21/h4,8-9,11-12,14-15H,5-7,10,13H2,1-3H3/b12-11+. The molecule has 0 saturated heterocycles. The first-order valence-corrected chi connectivity index (χ1v) is 7.94. The maximum absolute atomic E-state index is 10.5. The van der Waals surface area contributed by atoms with Crippen molar-refractivity contribution in [2.75, 3.05) is 0 Å². The van der Waals surface area contributed by atoms with Crippen molar-refractivity contribution < 1.29 is 4.79 Å². The third-order valence-corrected chi connectivity index (χ3v) is 4.49. The highest BCUT2D eigenvalue weighted by atomic mass is 16.1. The second-order valence-corrected chi connectivity index (χ2v) is 6.72. The second kappa shape index (κ2) is 6.89. The SMILES string of the molecule is CC1=C(/C=C/c2cccc(CCC=O)c2)C(C)(C)CCC1. The minimum Gasteiger partial charge on any atom is -0.303 e. The lowest BCUT2D eigenvalue weighted by Gasteiger charge is -2.32. The molecule has 0 atom stereocenters. The van der Waals surface area contributed by atoms with E-state index in [1.807, 2.05) is 0 Å². The molecule has 0 saturated carbocycles. The molecule has 21 heavy (non-hydrogen) atoms. The molecule has 0 radical (unpaired) electrons. The van der Waals surface area contributed by atoms with Gasteiger partial charge in [0.15, 0.2) is 0 Å². The smallest absolute Gasteiger partial charge is 0.120 e. The zero-order valence-electron chi connectivity index (χ0n) is 13.5. The van der Waals surface area contributed by atoms with Crippen molar-refractivity contribution in [1.82, 2.24) is 0 Å². The van der Waals surface area contributed by atoms with Gasteiger partial charge in [-0.1, -0.05) is 55.8 Å². The van der Waals surface area contributed by atoms with Crippen molar-refractivity contribution in [2.24, 2.45) is 5.41 Å². The summed E-state index contributed by atoms with van der Waals surface area (Å²) < 4.78 is 0. The Balaban J connectivity index is 2.18. The molecule has 0 fully saturated rings. The molecule has 1 nitrogen and oxygen atoms in total. The Labute approximate surface area is 128 Å². The molecule has 1 heteroatoms. The molecule has 2 rings (SSSR count). The van der Waals surface area contributed by atoms with Crippen LogP contribution in [0.5, 0.6) is 0 Å².